The van der Waals surface area contributed by atoms with E-state index in [0.29, 0.717) is 0 Å². The van der Waals surface area contributed by atoms with Crippen molar-refractivity contribution in [3.05, 3.63) is 16.6 Å². The van der Waals surface area contributed by atoms with Crippen LogP contribution in [0.2, 0.25) is 0 Å². The summed E-state index contributed by atoms with van der Waals surface area (Å²) < 4.78 is 0. The largest absolute Gasteiger partial charge is 0.399 e. The van der Waals surface area contributed by atoms with E-state index in [4.69, 9.17) is 0 Å². The smallest absolute Gasteiger partial charge is 0.106 e. The van der Waals surface area contributed by atoms with Gasteiger partial charge in [-0.05, 0) is 0 Å². The molecule has 0 aliphatic rings. The number of oxime groups is 1. The molecule has 0 spiro atoms. The molecule has 0 aromatic carbocycles. The van der Waals surface area contributed by atoms with E-state index in [9.17, 15) is 0 Å². The molecule has 1 aromatic heterocycles. The molecular formula is C5H6N2OS. The monoisotopic (exact) mass is 142 g/mol. The summed E-state index contributed by atoms with van der Waals surface area (Å²) in [5.74, 6) is 0. The van der Waals surface area contributed by atoms with Gasteiger partial charge in [0.1, 0.15) is 7.11 Å². The van der Waals surface area contributed by atoms with Crippen LogP contribution in [0.5, 0.6) is 0 Å². The maximum atomic E-state index is 4.45. The number of aromatic nitrogens is 1. The number of thiazole rings is 1. The molecule has 1 aromatic rings. The molecule has 0 bridgehead atoms. The van der Waals surface area contributed by atoms with E-state index >= 15 is 0 Å². The predicted octanol–water partition coefficient (Wildman–Crippen LogP) is 1.12. The van der Waals surface area contributed by atoms with Crippen LogP contribution in [0.1, 0.15) is 5.69 Å². The Labute approximate surface area is 57.0 Å². The first-order chi connectivity index (χ1) is 4.43. The van der Waals surface area contributed by atoms with Crippen molar-refractivity contribution in [2.45, 2.75) is 0 Å². The first kappa shape index (κ1) is 6.22. The number of hydrogen-bond donors (Lipinski definition) is 0. The molecule has 9 heavy (non-hydrogen) atoms. The highest BCUT2D eigenvalue weighted by Gasteiger charge is 1.85. The van der Waals surface area contributed by atoms with Gasteiger partial charge in [-0.25, -0.2) is 4.98 Å². The van der Waals surface area contributed by atoms with E-state index < -0.39 is 0 Å². The summed E-state index contributed by atoms with van der Waals surface area (Å²) in [5, 5.41) is 5.42. The van der Waals surface area contributed by atoms with Crippen LogP contribution in [0.4, 0.5) is 0 Å². The van der Waals surface area contributed by atoms with Crippen molar-refractivity contribution in [1.82, 2.24) is 4.98 Å². The van der Waals surface area contributed by atoms with Crippen molar-refractivity contribution >= 4 is 17.6 Å². The molecule has 0 N–H and O–H groups in total. The molecule has 0 saturated carbocycles. The standard InChI is InChI=1S/C5H6N2OS/c1-8-7-2-5-3-9-4-6-5/h2-4H,1H3. The Morgan fingerprint density at radius 1 is 1.89 bits per heavy atom. The zero-order chi connectivity index (χ0) is 6.53. The third kappa shape index (κ3) is 1.81. The fourth-order valence-electron chi connectivity index (χ4n) is 0.392. The fraction of sp³-hybridized carbons (Fsp3) is 0.200. The Balaban J connectivity index is 2.57. The van der Waals surface area contributed by atoms with Gasteiger partial charge in [0.05, 0.1) is 17.4 Å². The molecule has 0 aliphatic carbocycles. The number of nitrogens with zero attached hydrogens (tertiary/aromatic N) is 2. The first-order valence-corrected chi connectivity index (χ1v) is 3.32. The van der Waals surface area contributed by atoms with Crippen molar-refractivity contribution in [3.8, 4) is 0 Å². The van der Waals surface area contributed by atoms with E-state index in [1.807, 2.05) is 5.38 Å². The van der Waals surface area contributed by atoms with Crippen LogP contribution in [0, 0.1) is 0 Å². The molecule has 1 heterocycles. The third-order valence-electron chi connectivity index (χ3n) is 0.742. The summed E-state index contributed by atoms with van der Waals surface area (Å²) in [6.45, 7) is 0. The van der Waals surface area contributed by atoms with Gasteiger partial charge in [0, 0.05) is 5.38 Å². The van der Waals surface area contributed by atoms with Crippen LogP contribution in [0.15, 0.2) is 16.0 Å². The minimum atomic E-state index is 0.835. The normalized spacial score (nSPS) is 10.3. The number of rotatable bonds is 2. The van der Waals surface area contributed by atoms with E-state index in [1.54, 1.807) is 11.7 Å². The Morgan fingerprint density at radius 3 is 3.33 bits per heavy atom. The van der Waals surface area contributed by atoms with Gasteiger partial charge in [-0.1, -0.05) is 5.16 Å². The summed E-state index contributed by atoms with van der Waals surface area (Å²) in [6, 6.07) is 0. The summed E-state index contributed by atoms with van der Waals surface area (Å²) >= 11 is 1.53. The zero-order valence-electron chi connectivity index (χ0n) is 4.94. The predicted molar refractivity (Wildman–Crippen MR) is 36.7 cm³/mol. The lowest BCUT2D eigenvalue weighted by Gasteiger charge is -1.80. The van der Waals surface area contributed by atoms with Gasteiger partial charge in [0.15, 0.2) is 0 Å². The van der Waals surface area contributed by atoms with Crippen LogP contribution in [-0.4, -0.2) is 18.3 Å². The highest BCUT2D eigenvalue weighted by atomic mass is 32.1. The summed E-state index contributed by atoms with van der Waals surface area (Å²) in [7, 11) is 1.50. The minimum absolute atomic E-state index is 0.835. The van der Waals surface area contributed by atoms with E-state index in [2.05, 4.69) is 15.0 Å². The van der Waals surface area contributed by atoms with Gasteiger partial charge in [-0.3, -0.25) is 0 Å². The second-order valence-electron chi connectivity index (χ2n) is 1.33. The molecule has 1 rings (SSSR count). The Morgan fingerprint density at radius 2 is 2.78 bits per heavy atom. The van der Waals surface area contributed by atoms with Crippen molar-refractivity contribution in [2.75, 3.05) is 7.11 Å². The molecule has 0 amide bonds. The van der Waals surface area contributed by atoms with Gasteiger partial charge in [-0.2, -0.15) is 0 Å². The van der Waals surface area contributed by atoms with Gasteiger partial charge < -0.3 is 4.84 Å². The Hall–Kier alpha value is -0.900. The first-order valence-electron chi connectivity index (χ1n) is 2.38. The highest BCUT2D eigenvalue weighted by Crippen LogP contribution is 1.96. The SMILES string of the molecule is CON=Cc1cscn1. The van der Waals surface area contributed by atoms with Gasteiger partial charge >= 0.3 is 0 Å². The van der Waals surface area contributed by atoms with Crippen molar-refractivity contribution < 1.29 is 4.84 Å². The Kier molecular flexibility index (Phi) is 2.21. The lowest BCUT2D eigenvalue weighted by molar-refractivity contribution is 0.215. The summed E-state index contributed by atoms with van der Waals surface area (Å²) in [5.41, 5.74) is 2.58. The summed E-state index contributed by atoms with van der Waals surface area (Å²) in [4.78, 5) is 8.39. The Bertz CT molecular complexity index is 183. The zero-order valence-corrected chi connectivity index (χ0v) is 5.76. The second-order valence-corrected chi connectivity index (χ2v) is 2.05. The van der Waals surface area contributed by atoms with Crippen molar-refractivity contribution in [3.63, 3.8) is 0 Å². The molecule has 0 fully saturated rings. The number of hydrogen-bond acceptors (Lipinski definition) is 4. The molecule has 48 valence electrons. The average molecular weight is 142 g/mol. The minimum Gasteiger partial charge on any atom is -0.399 e. The topological polar surface area (TPSA) is 34.5 Å². The maximum absolute atomic E-state index is 4.45. The average Bonchev–Trinajstić information content (AvgIpc) is 2.34. The van der Waals surface area contributed by atoms with Crippen LogP contribution >= 0.6 is 11.3 Å². The van der Waals surface area contributed by atoms with Crippen LogP contribution in [0.3, 0.4) is 0 Å². The van der Waals surface area contributed by atoms with Gasteiger partial charge in [0.2, 0.25) is 0 Å². The van der Waals surface area contributed by atoms with Crippen LogP contribution in [-0.2, 0) is 4.84 Å². The lowest BCUT2D eigenvalue weighted by Crippen LogP contribution is -1.78. The van der Waals surface area contributed by atoms with Crippen LogP contribution < -0.4 is 0 Å². The third-order valence-corrected chi connectivity index (χ3v) is 1.35. The van der Waals surface area contributed by atoms with E-state index in [-0.39, 0.29) is 0 Å². The molecule has 4 heteroatoms. The highest BCUT2D eigenvalue weighted by molar-refractivity contribution is 7.07. The van der Waals surface area contributed by atoms with Crippen LogP contribution in [0.25, 0.3) is 0 Å². The van der Waals surface area contributed by atoms with Crippen molar-refractivity contribution in [1.29, 1.82) is 0 Å². The molecule has 0 unspecified atom stereocenters. The molecule has 0 saturated heterocycles. The maximum Gasteiger partial charge on any atom is 0.106 e. The quantitative estimate of drug-likeness (QED) is 0.458. The summed E-state index contributed by atoms with van der Waals surface area (Å²) in [6.07, 6.45) is 1.57. The molecular weight excluding hydrogens is 136 g/mol. The fourth-order valence-corrected chi connectivity index (χ4v) is 0.897. The molecule has 3 nitrogen and oxygen atoms in total. The molecule has 0 aliphatic heterocycles. The second kappa shape index (κ2) is 3.19. The lowest BCUT2D eigenvalue weighted by atomic mass is 10.6. The van der Waals surface area contributed by atoms with Gasteiger partial charge in [-0.15, -0.1) is 11.3 Å². The van der Waals surface area contributed by atoms with Gasteiger partial charge in [0.25, 0.3) is 0 Å². The van der Waals surface area contributed by atoms with E-state index in [0.717, 1.165) is 5.69 Å². The molecule has 0 radical (unpaired) electrons. The molecule has 0 atom stereocenters. The van der Waals surface area contributed by atoms with Crippen molar-refractivity contribution in [2.24, 2.45) is 5.16 Å². The van der Waals surface area contributed by atoms with E-state index in [1.165, 1.54) is 18.4 Å².